The molecule has 0 bridgehead atoms. The van der Waals surface area contributed by atoms with E-state index in [1.807, 2.05) is 17.0 Å². The number of carbonyl (C=O) groups is 1. The number of aryl methyl sites for hydroxylation is 1. The van der Waals surface area contributed by atoms with Crippen LogP contribution in [0, 0.1) is 0 Å². The Hall–Kier alpha value is -2.54. The molecule has 168 valence electrons. The van der Waals surface area contributed by atoms with Gasteiger partial charge in [-0.1, -0.05) is 11.2 Å². The topological polar surface area (TPSA) is 68.0 Å². The Bertz CT molecular complexity index is 910. The van der Waals surface area contributed by atoms with Gasteiger partial charge >= 0.3 is 0 Å². The van der Waals surface area contributed by atoms with Gasteiger partial charge in [0.1, 0.15) is 5.76 Å². The quantitative estimate of drug-likeness (QED) is 0.675. The molecule has 0 N–H and O–H groups in total. The van der Waals surface area contributed by atoms with E-state index in [1.54, 1.807) is 14.2 Å². The van der Waals surface area contributed by atoms with Gasteiger partial charge in [0.15, 0.2) is 17.2 Å². The number of amides is 1. The van der Waals surface area contributed by atoms with E-state index in [2.05, 4.69) is 23.2 Å². The van der Waals surface area contributed by atoms with Crippen LogP contribution in [0.2, 0.25) is 0 Å². The minimum Gasteiger partial charge on any atom is -0.493 e. The lowest BCUT2D eigenvalue weighted by Gasteiger charge is -2.37. The maximum atomic E-state index is 13.2. The summed E-state index contributed by atoms with van der Waals surface area (Å²) in [6.45, 7) is 2.45. The van der Waals surface area contributed by atoms with E-state index < -0.39 is 0 Å². The van der Waals surface area contributed by atoms with Crippen molar-refractivity contribution < 1.29 is 18.8 Å². The second kappa shape index (κ2) is 9.73. The highest BCUT2D eigenvalue weighted by Crippen LogP contribution is 2.28. The largest absolute Gasteiger partial charge is 0.493 e. The lowest BCUT2D eigenvalue weighted by atomic mass is 9.95. The number of piperidine rings is 1. The highest BCUT2D eigenvalue weighted by molar-refractivity contribution is 5.94. The molecule has 1 atom stereocenters. The van der Waals surface area contributed by atoms with Crippen molar-refractivity contribution in [2.45, 2.75) is 51.0 Å². The number of likely N-dealkylation sites (tertiary alicyclic amines) is 1. The summed E-state index contributed by atoms with van der Waals surface area (Å²) in [4.78, 5) is 17.5. The Balaban J connectivity index is 1.36. The summed E-state index contributed by atoms with van der Waals surface area (Å²) in [6.07, 6.45) is 7.06. The highest BCUT2D eigenvalue weighted by Gasteiger charge is 2.31. The van der Waals surface area contributed by atoms with Crippen LogP contribution in [-0.2, 0) is 19.3 Å². The van der Waals surface area contributed by atoms with E-state index in [9.17, 15) is 4.79 Å². The second-order valence-corrected chi connectivity index (χ2v) is 8.61. The molecule has 1 unspecified atom stereocenters. The maximum Gasteiger partial charge on any atom is 0.276 e. The van der Waals surface area contributed by atoms with Gasteiger partial charge in [0.05, 0.1) is 14.2 Å². The number of carbonyl (C=O) groups excluding carboxylic acids is 1. The fourth-order valence-electron chi connectivity index (χ4n) is 4.73. The number of hydrogen-bond donors (Lipinski definition) is 0. The first-order valence-corrected chi connectivity index (χ1v) is 11.3. The van der Waals surface area contributed by atoms with Crippen LogP contribution in [0.1, 0.15) is 53.1 Å². The van der Waals surface area contributed by atoms with Crippen molar-refractivity contribution in [3.63, 3.8) is 0 Å². The molecule has 1 amide bonds. The predicted molar refractivity (Wildman–Crippen MR) is 118 cm³/mol. The Labute approximate surface area is 184 Å². The molecule has 7 heteroatoms. The molecular formula is C24H33N3O4. The molecule has 31 heavy (non-hydrogen) atoms. The summed E-state index contributed by atoms with van der Waals surface area (Å²) in [7, 11) is 5.46. The fourth-order valence-corrected chi connectivity index (χ4v) is 4.73. The Morgan fingerprint density at radius 2 is 2.00 bits per heavy atom. The molecule has 0 radical (unpaired) electrons. The molecule has 4 rings (SSSR count). The number of likely N-dealkylation sites (N-methyl/N-ethyl adjacent to an activating group) is 1. The van der Waals surface area contributed by atoms with Gasteiger partial charge < -0.3 is 23.8 Å². The molecule has 0 spiro atoms. The zero-order chi connectivity index (χ0) is 21.8. The van der Waals surface area contributed by atoms with Crippen molar-refractivity contribution in [1.82, 2.24) is 15.0 Å². The van der Waals surface area contributed by atoms with Crippen LogP contribution in [0.25, 0.3) is 0 Å². The van der Waals surface area contributed by atoms with E-state index in [0.29, 0.717) is 11.7 Å². The standard InChI is InChI=1S/C24H33N3O4/c1-26(14-12-17-10-11-21(29-2)22(15-17)30-3)18-7-6-13-27(16-18)24(28)23-19-8-4-5-9-20(19)31-25-23/h10-11,15,18H,4-9,12-14,16H2,1-3H3. The summed E-state index contributed by atoms with van der Waals surface area (Å²) < 4.78 is 16.2. The van der Waals surface area contributed by atoms with Crippen LogP contribution in [0.15, 0.2) is 22.7 Å². The molecule has 1 fully saturated rings. The number of fused-ring (bicyclic) bond motifs is 1. The van der Waals surface area contributed by atoms with E-state index >= 15 is 0 Å². The van der Waals surface area contributed by atoms with Gasteiger partial charge in [0.25, 0.3) is 5.91 Å². The van der Waals surface area contributed by atoms with Gasteiger partial charge in [0, 0.05) is 37.7 Å². The monoisotopic (exact) mass is 427 g/mol. The van der Waals surface area contributed by atoms with E-state index in [0.717, 1.165) is 87.4 Å². The molecule has 0 saturated carbocycles. The highest BCUT2D eigenvalue weighted by atomic mass is 16.5. The Kier molecular flexibility index (Phi) is 6.80. The van der Waals surface area contributed by atoms with Crippen molar-refractivity contribution in [2.24, 2.45) is 0 Å². The summed E-state index contributed by atoms with van der Waals surface area (Å²) in [5.74, 6) is 2.45. The lowest BCUT2D eigenvalue weighted by Crippen LogP contribution is -2.49. The summed E-state index contributed by atoms with van der Waals surface area (Å²) >= 11 is 0. The number of rotatable bonds is 7. The normalized spacial score (nSPS) is 18.7. The minimum absolute atomic E-state index is 0.0323. The second-order valence-electron chi connectivity index (χ2n) is 8.61. The number of nitrogens with zero attached hydrogens (tertiary/aromatic N) is 3. The van der Waals surface area contributed by atoms with Gasteiger partial charge in [-0.05, 0) is 63.3 Å². The molecule has 1 saturated heterocycles. The number of aromatic nitrogens is 1. The Morgan fingerprint density at radius 1 is 1.19 bits per heavy atom. The zero-order valence-corrected chi connectivity index (χ0v) is 18.9. The van der Waals surface area contributed by atoms with Crippen molar-refractivity contribution in [1.29, 1.82) is 0 Å². The Morgan fingerprint density at radius 3 is 2.81 bits per heavy atom. The third-order valence-electron chi connectivity index (χ3n) is 6.66. The van der Waals surface area contributed by atoms with Crippen LogP contribution < -0.4 is 9.47 Å². The van der Waals surface area contributed by atoms with Gasteiger partial charge in [0.2, 0.25) is 0 Å². The van der Waals surface area contributed by atoms with E-state index in [-0.39, 0.29) is 5.91 Å². The lowest BCUT2D eigenvalue weighted by molar-refractivity contribution is 0.0601. The maximum absolute atomic E-state index is 13.2. The van der Waals surface area contributed by atoms with Crippen molar-refractivity contribution in [2.75, 3.05) is 40.9 Å². The van der Waals surface area contributed by atoms with Crippen molar-refractivity contribution in [3.05, 3.63) is 40.8 Å². The number of hydrogen-bond acceptors (Lipinski definition) is 6. The van der Waals surface area contributed by atoms with Crippen LogP contribution in [0.3, 0.4) is 0 Å². The smallest absolute Gasteiger partial charge is 0.276 e. The first kappa shape index (κ1) is 21.7. The number of benzene rings is 1. The van der Waals surface area contributed by atoms with Crippen molar-refractivity contribution in [3.8, 4) is 11.5 Å². The molecule has 2 heterocycles. The SMILES string of the molecule is COc1ccc(CCN(C)C2CCCN(C(=O)c3noc4c3CCCC4)C2)cc1OC. The molecule has 1 aliphatic carbocycles. The molecule has 1 aliphatic heterocycles. The van der Waals surface area contributed by atoms with E-state index in [1.165, 1.54) is 5.56 Å². The summed E-state index contributed by atoms with van der Waals surface area (Å²) in [5.41, 5.74) is 2.80. The average molecular weight is 428 g/mol. The molecule has 1 aromatic heterocycles. The number of ether oxygens (including phenoxy) is 2. The molecule has 7 nitrogen and oxygen atoms in total. The zero-order valence-electron chi connectivity index (χ0n) is 18.9. The summed E-state index contributed by atoms with van der Waals surface area (Å²) in [5, 5.41) is 4.15. The van der Waals surface area contributed by atoms with Crippen molar-refractivity contribution >= 4 is 5.91 Å². The minimum atomic E-state index is 0.0323. The molecule has 2 aromatic rings. The third-order valence-corrected chi connectivity index (χ3v) is 6.66. The van der Waals surface area contributed by atoms with Gasteiger partial charge in [-0.15, -0.1) is 0 Å². The molecule has 2 aliphatic rings. The van der Waals surface area contributed by atoms with Gasteiger partial charge in [-0.25, -0.2) is 0 Å². The fraction of sp³-hybridized carbons (Fsp3) is 0.583. The molecular weight excluding hydrogens is 394 g/mol. The average Bonchev–Trinajstić information content (AvgIpc) is 3.26. The predicted octanol–water partition coefficient (Wildman–Crippen LogP) is 3.35. The third kappa shape index (κ3) is 4.71. The first-order chi connectivity index (χ1) is 15.1. The molecule has 1 aromatic carbocycles. The van der Waals surface area contributed by atoms with Gasteiger partial charge in [-0.3, -0.25) is 4.79 Å². The van der Waals surface area contributed by atoms with Crippen LogP contribution in [-0.4, -0.2) is 67.8 Å². The number of methoxy groups -OCH3 is 2. The van der Waals surface area contributed by atoms with Crippen LogP contribution in [0.4, 0.5) is 0 Å². The first-order valence-electron chi connectivity index (χ1n) is 11.3. The van der Waals surface area contributed by atoms with Gasteiger partial charge in [-0.2, -0.15) is 0 Å². The summed E-state index contributed by atoms with van der Waals surface area (Å²) in [6, 6.07) is 6.42. The van der Waals surface area contributed by atoms with Crippen LogP contribution >= 0.6 is 0 Å². The van der Waals surface area contributed by atoms with Crippen LogP contribution in [0.5, 0.6) is 11.5 Å². The van der Waals surface area contributed by atoms with E-state index in [4.69, 9.17) is 14.0 Å².